The third kappa shape index (κ3) is 4.35. The van der Waals surface area contributed by atoms with Gasteiger partial charge in [0.15, 0.2) is 5.82 Å². The molecule has 9 heteroatoms. The maximum absolute atomic E-state index is 13.3. The fraction of sp³-hybridized carbons (Fsp3) is 0.522. The molecule has 32 heavy (non-hydrogen) atoms. The molecular formula is C23H31N5O4. The second-order valence-electron chi connectivity index (χ2n) is 9.11. The van der Waals surface area contributed by atoms with Crippen LogP contribution in [-0.2, 0) is 26.4 Å². The van der Waals surface area contributed by atoms with Gasteiger partial charge in [0, 0.05) is 18.7 Å². The van der Waals surface area contributed by atoms with Gasteiger partial charge in [-0.25, -0.2) is 4.79 Å². The number of hydrogen-bond donors (Lipinski definition) is 2. The molecule has 4 rings (SSSR count). The molecule has 0 spiro atoms. The van der Waals surface area contributed by atoms with Crippen LogP contribution in [0, 0.1) is 0 Å². The number of likely N-dealkylation sites (N-methyl/N-ethyl adjacent to an activating group) is 1. The summed E-state index contributed by atoms with van der Waals surface area (Å²) < 4.78 is 11.4. The summed E-state index contributed by atoms with van der Waals surface area (Å²) in [4.78, 5) is 29.4. The Morgan fingerprint density at radius 2 is 2.09 bits per heavy atom. The number of amides is 2. The Hall–Kier alpha value is -2.91. The van der Waals surface area contributed by atoms with Crippen LogP contribution in [0.5, 0.6) is 0 Å². The van der Waals surface area contributed by atoms with E-state index in [2.05, 4.69) is 15.5 Å². The average molecular weight is 442 g/mol. The number of ether oxygens (including phenoxy) is 2. The van der Waals surface area contributed by atoms with Gasteiger partial charge in [-0.1, -0.05) is 30.3 Å². The molecule has 2 unspecified atom stereocenters. The van der Waals surface area contributed by atoms with E-state index in [0.29, 0.717) is 31.9 Å². The fourth-order valence-corrected chi connectivity index (χ4v) is 4.29. The Balaban J connectivity index is 1.50. The van der Waals surface area contributed by atoms with Gasteiger partial charge in [0.05, 0.1) is 17.8 Å². The molecule has 1 aromatic carbocycles. The van der Waals surface area contributed by atoms with E-state index in [1.165, 1.54) is 0 Å². The lowest BCUT2D eigenvalue weighted by atomic mass is 10.0. The molecule has 9 nitrogen and oxygen atoms in total. The first-order chi connectivity index (χ1) is 15.3. The summed E-state index contributed by atoms with van der Waals surface area (Å²) >= 11 is 0. The number of H-pyrrole nitrogens is 1. The number of hydrogen-bond acceptors (Lipinski definition) is 6. The molecule has 2 N–H and O–H groups in total. The Morgan fingerprint density at radius 1 is 1.34 bits per heavy atom. The predicted molar refractivity (Wildman–Crippen MR) is 119 cm³/mol. The molecule has 1 aromatic heterocycles. The predicted octanol–water partition coefficient (Wildman–Crippen LogP) is 3.02. The van der Waals surface area contributed by atoms with Gasteiger partial charge < -0.3 is 19.7 Å². The Bertz CT molecular complexity index is 966. The van der Waals surface area contributed by atoms with Gasteiger partial charge in [-0.3, -0.25) is 14.8 Å². The third-order valence-electron chi connectivity index (χ3n) is 6.10. The molecule has 2 aromatic rings. The van der Waals surface area contributed by atoms with Crippen LogP contribution in [0.1, 0.15) is 49.6 Å². The number of carbonyl (C=O) groups excluding carboxylic acids is 2. The van der Waals surface area contributed by atoms with Crippen molar-refractivity contribution in [2.45, 2.75) is 51.0 Å². The van der Waals surface area contributed by atoms with Crippen molar-refractivity contribution in [1.82, 2.24) is 20.0 Å². The molecule has 3 heterocycles. The van der Waals surface area contributed by atoms with Crippen LogP contribution in [0.25, 0.3) is 0 Å². The highest BCUT2D eigenvalue weighted by molar-refractivity contribution is 5.94. The summed E-state index contributed by atoms with van der Waals surface area (Å²) in [6.07, 6.45) is 0.320. The van der Waals surface area contributed by atoms with E-state index in [4.69, 9.17) is 9.47 Å². The lowest BCUT2D eigenvalue weighted by Gasteiger charge is -2.33. The molecular weight excluding hydrogens is 410 g/mol. The lowest BCUT2D eigenvalue weighted by molar-refractivity contribution is -0.124. The van der Waals surface area contributed by atoms with Crippen LogP contribution < -0.4 is 5.32 Å². The molecule has 0 radical (unpaired) electrons. The maximum atomic E-state index is 13.3. The van der Waals surface area contributed by atoms with E-state index in [0.717, 1.165) is 23.2 Å². The zero-order valence-corrected chi connectivity index (χ0v) is 19.1. The van der Waals surface area contributed by atoms with Crippen molar-refractivity contribution in [3.8, 4) is 0 Å². The highest BCUT2D eigenvalue weighted by Gasteiger charge is 2.45. The number of fused-ring (bicyclic) bond motifs is 1. The van der Waals surface area contributed by atoms with Crippen LogP contribution in [0.4, 0.5) is 10.6 Å². The number of nitrogens with zero attached hydrogens (tertiary/aromatic N) is 3. The number of anilines is 1. The standard InChI is InChI=1S/C23H31N5O4/c1-23(2)19-16(20(26-25-19)24-21(29)17-11-8-12-31-17)13-28(23)22(30)32-18(14-27(3)4)15-9-6-5-7-10-15/h5-7,9-10,17-18H,8,11-14H2,1-4H3,(H2,24,25,26,29). The molecule has 2 aliphatic rings. The van der Waals surface area contributed by atoms with Gasteiger partial charge in [0.25, 0.3) is 5.91 Å². The summed E-state index contributed by atoms with van der Waals surface area (Å²) in [7, 11) is 3.89. The molecule has 2 aliphatic heterocycles. The number of carbonyl (C=O) groups is 2. The molecule has 0 bridgehead atoms. The second kappa shape index (κ2) is 8.91. The molecule has 0 aliphatic carbocycles. The van der Waals surface area contributed by atoms with E-state index in [1.807, 2.05) is 63.2 Å². The maximum Gasteiger partial charge on any atom is 0.411 e. The van der Waals surface area contributed by atoms with Crippen LogP contribution in [-0.4, -0.2) is 65.3 Å². The largest absolute Gasteiger partial charge is 0.440 e. The SMILES string of the molecule is CN(C)CC(OC(=O)N1Cc2c(NC(=O)C3CCCO3)n[nH]c2C1(C)C)c1ccccc1. The van der Waals surface area contributed by atoms with Crippen molar-refractivity contribution in [2.24, 2.45) is 0 Å². The van der Waals surface area contributed by atoms with Crippen molar-refractivity contribution < 1.29 is 19.1 Å². The van der Waals surface area contributed by atoms with E-state index >= 15 is 0 Å². The van der Waals surface area contributed by atoms with Crippen LogP contribution in [0.3, 0.4) is 0 Å². The topological polar surface area (TPSA) is 99.8 Å². The quantitative estimate of drug-likeness (QED) is 0.715. The van der Waals surface area contributed by atoms with E-state index in [9.17, 15) is 9.59 Å². The van der Waals surface area contributed by atoms with Gasteiger partial charge in [0.2, 0.25) is 0 Å². The van der Waals surface area contributed by atoms with Crippen molar-refractivity contribution in [2.75, 3.05) is 32.6 Å². The van der Waals surface area contributed by atoms with E-state index in [1.54, 1.807) is 4.90 Å². The normalized spacial score (nSPS) is 20.3. The fourth-order valence-electron chi connectivity index (χ4n) is 4.29. The van der Waals surface area contributed by atoms with Crippen molar-refractivity contribution in [3.63, 3.8) is 0 Å². The first kappa shape index (κ1) is 22.3. The Labute approximate surface area is 188 Å². The summed E-state index contributed by atoms with van der Waals surface area (Å²) in [5.74, 6) is 0.238. The zero-order valence-electron chi connectivity index (χ0n) is 19.1. The molecule has 1 fully saturated rings. The van der Waals surface area contributed by atoms with Gasteiger partial charge in [-0.15, -0.1) is 0 Å². The van der Waals surface area contributed by atoms with Crippen molar-refractivity contribution in [3.05, 3.63) is 47.2 Å². The molecule has 2 amide bonds. The van der Waals surface area contributed by atoms with Crippen molar-refractivity contribution in [1.29, 1.82) is 0 Å². The highest BCUT2D eigenvalue weighted by Crippen LogP contribution is 2.41. The van der Waals surface area contributed by atoms with Crippen LogP contribution in [0.15, 0.2) is 30.3 Å². The second-order valence-corrected chi connectivity index (χ2v) is 9.11. The van der Waals surface area contributed by atoms with E-state index < -0.39 is 23.8 Å². The zero-order chi connectivity index (χ0) is 22.9. The van der Waals surface area contributed by atoms with Gasteiger partial charge >= 0.3 is 6.09 Å². The summed E-state index contributed by atoms with van der Waals surface area (Å²) in [6, 6.07) is 9.73. The highest BCUT2D eigenvalue weighted by atomic mass is 16.6. The average Bonchev–Trinajstić information content (AvgIpc) is 3.47. The third-order valence-corrected chi connectivity index (χ3v) is 6.10. The number of benzene rings is 1. The first-order valence-corrected chi connectivity index (χ1v) is 11.0. The minimum atomic E-state index is -0.661. The van der Waals surface area contributed by atoms with Gasteiger partial charge in [0.1, 0.15) is 12.2 Å². The minimum absolute atomic E-state index is 0.203. The van der Waals surface area contributed by atoms with E-state index in [-0.39, 0.29) is 5.91 Å². The Kier molecular flexibility index (Phi) is 6.21. The monoisotopic (exact) mass is 441 g/mol. The lowest BCUT2D eigenvalue weighted by Crippen LogP contribution is -2.42. The van der Waals surface area contributed by atoms with Gasteiger partial charge in [-0.2, -0.15) is 5.10 Å². The summed E-state index contributed by atoms with van der Waals surface area (Å²) in [5, 5.41) is 10.2. The number of rotatable bonds is 6. The number of aromatic amines is 1. The summed E-state index contributed by atoms with van der Waals surface area (Å²) in [6.45, 7) is 5.33. The number of aromatic nitrogens is 2. The minimum Gasteiger partial charge on any atom is -0.440 e. The summed E-state index contributed by atoms with van der Waals surface area (Å²) in [5.41, 5.74) is 1.87. The molecule has 2 atom stereocenters. The Morgan fingerprint density at radius 3 is 2.75 bits per heavy atom. The van der Waals surface area contributed by atoms with Crippen LogP contribution >= 0.6 is 0 Å². The smallest absolute Gasteiger partial charge is 0.411 e. The van der Waals surface area contributed by atoms with Crippen molar-refractivity contribution >= 4 is 17.8 Å². The molecule has 0 saturated carbocycles. The molecule has 172 valence electrons. The molecule has 1 saturated heterocycles. The van der Waals surface area contributed by atoms with Crippen LogP contribution in [0.2, 0.25) is 0 Å². The number of nitrogens with one attached hydrogen (secondary N) is 2. The van der Waals surface area contributed by atoms with Gasteiger partial charge in [-0.05, 0) is 46.3 Å². The first-order valence-electron chi connectivity index (χ1n) is 11.0.